The zero-order chi connectivity index (χ0) is 40.7. The van der Waals surface area contributed by atoms with Crippen molar-refractivity contribution < 1.29 is 43.0 Å². The maximum absolute atomic E-state index is 9.25. The van der Waals surface area contributed by atoms with Gasteiger partial charge in [0.2, 0.25) is 0 Å². The third kappa shape index (κ3) is 18.1. The number of phenols is 1. The second-order valence-electron chi connectivity index (χ2n) is 11.0. The SMILES string of the molecule is C=CCc1ccc(O)c(OC)c1.C=CCc1ccc(OC)c(OC)c1.C=CCc1ccc(OC)c(OC)c1.C=CCc1ccc(OC)c(OC)c1.COC. The molecule has 294 valence electrons. The van der Waals surface area contributed by atoms with E-state index in [1.807, 2.05) is 85.0 Å². The molecule has 4 aromatic carbocycles. The Hall–Kier alpha value is -5.80. The predicted octanol–water partition coefficient (Wildman–Crippen LogP) is 9.69. The summed E-state index contributed by atoms with van der Waals surface area (Å²) in [6.07, 6.45) is 10.7. The Morgan fingerprint density at radius 3 is 0.815 bits per heavy atom. The largest absolute Gasteiger partial charge is 0.504 e. The fraction of sp³-hybridized carbons (Fsp3) is 0.289. The van der Waals surface area contributed by atoms with Crippen molar-refractivity contribution in [2.75, 3.05) is 64.0 Å². The average Bonchev–Trinajstić information content (AvgIpc) is 3.20. The van der Waals surface area contributed by atoms with Crippen molar-refractivity contribution in [3.63, 3.8) is 0 Å². The second-order valence-corrected chi connectivity index (χ2v) is 11.0. The summed E-state index contributed by atoms with van der Waals surface area (Å²) in [6, 6.07) is 22.9. The van der Waals surface area contributed by atoms with Crippen molar-refractivity contribution in [3.05, 3.63) is 146 Å². The second kappa shape index (κ2) is 29.7. The summed E-state index contributed by atoms with van der Waals surface area (Å²) in [7, 11) is 14.6. The van der Waals surface area contributed by atoms with Gasteiger partial charge in [0.25, 0.3) is 0 Å². The Balaban J connectivity index is 0.000000676. The number of hydrogen-bond acceptors (Lipinski definition) is 9. The van der Waals surface area contributed by atoms with Crippen molar-refractivity contribution >= 4 is 0 Å². The molecule has 0 aliphatic rings. The summed E-state index contributed by atoms with van der Waals surface area (Å²) in [5.74, 6) is 5.26. The lowest BCUT2D eigenvalue weighted by molar-refractivity contribution is 0.277. The molecule has 0 spiro atoms. The van der Waals surface area contributed by atoms with Crippen LogP contribution in [0, 0.1) is 0 Å². The summed E-state index contributed by atoms with van der Waals surface area (Å²) in [5, 5.41) is 9.25. The minimum atomic E-state index is 0.172. The molecule has 0 aromatic heterocycles. The Morgan fingerprint density at radius 2 is 0.593 bits per heavy atom. The molecular formula is C45H60O9. The van der Waals surface area contributed by atoms with Crippen LogP contribution in [0.5, 0.6) is 46.0 Å². The van der Waals surface area contributed by atoms with Crippen LogP contribution in [0.3, 0.4) is 0 Å². The van der Waals surface area contributed by atoms with Gasteiger partial charge in [-0.05, 0) is 96.5 Å². The highest BCUT2D eigenvalue weighted by Gasteiger charge is 2.05. The number of hydrogen-bond donors (Lipinski definition) is 1. The molecule has 0 amide bonds. The average molecular weight is 745 g/mol. The van der Waals surface area contributed by atoms with E-state index >= 15 is 0 Å². The molecule has 9 nitrogen and oxygen atoms in total. The summed E-state index contributed by atoms with van der Waals surface area (Å²) < 4.78 is 40.0. The topological polar surface area (TPSA) is 94.1 Å². The van der Waals surface area contributed by atoms with Crippen molar-refractivity contribution in [1.29, 1.82) is 0 Å². The summed E-state index contributed by atoms with van der Waals surface area (Å²) in [5.41, 5.74) is 4.60. The first kappa shape index (κ1) is 48.2. The van der Waals surface area contributed by atoms with Gasteiger partial charge in [-0.25, -0.2) is 0 Å². The van der Waals surface area contributed by atoms with E-state index in [0.29, 0.717) is 5.75 Å². The molecule has 9 heteroatoms. The molecule has 4 rings (SSSR count). The van der Waals surface area contributed by atoms with Crippen LogP contribution >= 0.6 is 0 Å². The molecule has 54 heavy (non-hydrogen) atoms. The van der Waals surface area contributed by atoms with Crippen molar-refractivity contribution in [2.24, 2.45) is 0 Å². The molecule has 0 atom stereocenters. The normalized spacial score (nSPS) is 9.20. The van der Waals surface area contributed by atoms with E-state index in [-0.39, 0.29) is 5.75 Å². The Labute approximate surface area is 323 Å². The lowest BCUT2D eigenvalue weighted by Crippen LogP contribution is -1.91. The van der Waals surface area contributed by atoms with E-state index in [1.54, 1.807) is 69.0 Å². The Kier molecular flexibility index (Phi) is 26.5. The van der Waals surface area contributed by atoms with Crippen LogP contribution in [0.2, 0.25) is 0 Å². The first-order chi connectivity index (χ1) is 26.1. The predicted molar refractivity (Wildman–Crippen MR) is 222 cm³/mol. The van der Waals surface area contributed by atoms with Crippen LogP contribution in [-0.2, 0) is 30.4 Å². The molecule has 0 bridgehead atoms. The van der Waals surface area contributed by atoms with Gasteiger partial charge in [0.15, 0.2) is 46.0 Å². The molecule has 0 saturated carbocycles. The zero-order valence-electron chi connectivity index (χ0n) is 33.6. The smallest absolute Gasteiger partial charge is 0.160 e. The van der Waals surface area contributed by atoms with Gasteiger partial charge in [0.1, 0.15) is 0 Å². The van der Waals surface area contributed by atoms with Crippen molar-refractivity contribution in [3.8, 4) is 46.0 Å². The van der Waals surface area contributed by atoms with Crippen LogP contribution in [0.4, 0.5) is 0 Å². The fourth-order valence-corrected chi connectivity index (χ4v) is 4.54. The minimum absolute atomic E-state index is 0.172. The fourth-order valence-electron chi connectivity index (χ4n) is 4.54. The quantitative estimate of drug-likeness (QED) is 0.119. The number of ether oxygens (including phenoxy) is 8. The highest BCUT2D eigenvalue weighted by atomic mass is 16.5. The molecule has 1 N–H and O–H groups in total. The van der Waals surface area contributed by atoms with Crippen LogP contribution in [0.1, 0.15) is 22.3 Å². The Morgan fingerprint density at radius 1 is 0.370 bits per heavy atom. The highest BCUT2D eigenvalue weighted by Crippen LogP contribution is 2.30. The monoisotopic (exact) mass is 744 g/mol. The zero-order valence-corrected chi connectivity index (χ0v) is 33.6. The van der Waals surface area contributed by atoms with Gasteiger partial charge in [-0.15, -0.1) is 26.3 Å². The standard InChI is InChI=1S/3C11H14O2.C10H12O2.C2H6O/c3*1-4-5-9-6-7-10(12-2)11(8-9)13-3;1-3-4-8-5-6-9(11)10(7-8)12-2;1-3-2/h3*4,6-8H,1,5H2,2-3H3;3,5-7,11H,1,4H2,2H3;1-2H3. The van der Waals surface area contributed by atoms with Crippen molar-refractivity contribution in [1.82, 2.24) is 0 Å². The van der Waals surface area contributed by atoms with Gasteiger partial charge in [0, 0.05) is 14.2 Å². The molecule has 4 aromatic rings. The van der Waals surface area contributed by atoms with Gasteiger partial charge >= 0.3 is 0 Å². The maximum atomic E-state index is 9.25. The van der Waals surface area contributed by atoms with Gasteiger partial charge in [-0.1, -0.05) is 48.6 Å². The first-order valence-electron chi connectivity index (χ1n) is 17.0. The summed E-state index contributed by atoms with van der Waals surface area (Å²) in [6.45, 7) is 14.7. The number of phenolic OH excluding ortho intramolecular Hbond substituents is 1. The van der Waals surface area contributed by atoms with Crippen LogP contribution in [0.15, 0.2) is 123 Å². The van der Waals surface area contributed by atoms with Crippen molar-refractivity contribution in [2.45, 2.75) is 25.7 Å². The molecule has 0 unspecified atom stereocenters. The lowest BCUT2D eigenvalue weighted by atomic mass is 10.1. The molecule has 0 fully saturated rings. The van der Waals surface area contributed by atoms with Gasteiger partial charge in [0.05, 0.1) is 49.8 Å². The molecule has 0 heterocycles. The first-order valence-corrected chi connectivity index (χ1v) is 17.0. The number of methoxy groups -OCH3 is 8. The van der Waals surface area contributed by atoms with E-state index in [9.17, 15) is 5.11 Å². The molecule has 0 radical (unpaired) electrons. The van der Waals surface area contributed by atoms with Gasteiger partial charge in [-0.3, -0.25) is 0 Å². The molecule has 0 aliphatic heterocycles. The lowest BCUT2D eigenvalue weighted by Gasteiger charge is -2.08. The van der Waals surface area contributed by atoms with E-state index in [2.05, 4.69) is 31.1 Å². The number of allylic oxidation sites excluding steroid dienone is 4. The Bertz CT molecular complexity index is 1520. The molecular weight excluding hydrogens is 684 g/mol. The molecule has 0 aliphatic carbocycles. The van der Waals surface area contributed by atoms with E-state index in [0.717, 1.165) is 65.7 Å². The third-order valence-corrected chi connectivity index (χ3v) is 7.11. The maximum Gasteiger partial charge on any atom is 0.160 e. The van der Waals surface area contributed by atoms with E-state index in [1.165, 1.54) is 23.8 Å². The van der Waals surface area contributed by atoms with Crippen LogP contribution in [0.25, 0.3) is 0 Å². The minimum Gasteiger partial charge on any atom is -0.504 e. The summed E-state index contributed by atoms with van der Waals surface area (Å²) in [4.78, 5) is 0. The highest BCUT2D eigenvalue weighted by molar-refractivity contribution is 5.45. The number of benzene rings is 4. The van der Waals surface area contributed by atoms with E-state index in [4.69, 9.17) is 33.2 Å². The number of rotatable bonds is 15. The van der Waals surface area contributed by atoms with Crippen LogP contribution in [-0.4, -0.2) is 69.1 Å². The van der Waals surface area contributed by atoms with Gasteiger partial charge < -0.3 is 43.0 Å². The third-order valence-electron chi connectivity index (χ3n) is 7.11. The van der Waals surface area contributed by atoms with E-state index < -0.39 is 0 Å². The summed E-state index contributed by atoms with van der Waals surface area (Å²) >= 11 is 0. The van der Waals surface area contributed by atoms with Crippen LogP contribution < -0.4 is 33.2 Å². The van der Waals surface area contributed by atoms with Gasteiger partial charge in [-0.2, -0.15) is 0 Å². The molecule has 0 saturated heterocycles. The number of aromatic hydroxyl groups is 1.